The van der Waals surface area contributed by atoms with Gasteiger partial charge in [-0.05, 0) is 12.1 Å². The third kappa shape index (κ3) is 3.92. The van der Waals surface area contributed by atoms with Gasteiger partial charge in [0.25, 0.3) is 5.56 Å². The highest BCUT2D eigenvalue weighted by atomic mass is 35.5. The molecule has 3 aromatic rings. The molecule has 26 heavy (non-hydrogen) atoms. The Morgan fingerprint density at radius 1 is 1.08 bits per heavy atom. The normalized spacial score (nSPS) is 11.3. The number of anilines is 2. The van der Waals surface area contributed by atoms with Crippen LogP contribution in [0.1, 0.15) is 11.1 Å². The first-order valence-electron chi connectivity index (χ1n) is 7.96. The Morgan fingerprint density at radius 3 is 2.38 bits per heavy atom. The summed E-state index contributed by atoms with van der Waals surface area (Å²) in [4.78, 5) is 13.6. The minimum absolute atomic E-state index is 0.0131. The lowest BCUT2D eigenvalue weighted by atomic mass is 10.0. The molecular weight excluding hydrogens is 350 g/mol. The van der Waals surface area contributed by atoms with Gasteiger partial charge in [0, 0.05) is 30.9 Å². The number of nitrogens with zero attached hydrogens (tertiary/aromatic N) is 3. The number of aromatic nitrogens is 2. The van der Waals surface area contributed by atoms with E-state index < -0.39 is 5.56 Å². The molecule has 0 saturated heterocycles. The lowest BCUT2D eigenvalue weighted by Gasteiger charge is -2.14. The number of hydrogen-bond acceptors (Lipinski definition) is 5. The molecule has 0 unspecified atom stereocenters. The highest BCUT2D eigenvalue weighted by molar-refractivity contribution is 6.32. The van der Waals surface area contributed by atoms with Crippen molar-refractivity contribution in [2.45, 2.75) is 0 Å². The van der Waals surface area contributed by atoms with Crippen molar-refractivity contribution in [2.75, 3.05) is 24.4 Å². The van der Waals surface area contributed by atoms with Crippen LogP contribution in [0.15, 0.2) is 70.7 Å². The molecule has 1 aromatic heterocycles. The zero-order chi connectivity index (χ0) is 18.5. The van der Waals surface area contributed by atoms with Gasteiger partial charge in [-0.2, -0.15) is 10.2 Å². The second-order valence-corrected chi connectivity index (χ2v) is 6.18. The predicted molar refractivity (Wildman–Crippen MR) is 106 cm³/mol. The van der Waals surface area contributed by atoms with E-state index in [0.717, 1.165) is 22.5 Å². The molecule has 0 spiro atoms. The van der Waals surface area contributed by atoms with Gasteiger partial charge in [0.2, 0.25) is 0 Å². The molecule has 0 radical (unpaired) electrons. The molecule has 0 bridgehead atoms. The van der Waals surface area contributed by atoms with Crippen molar-refractivity contribution in [3.63, 3.8) is 0 Å². The monoisotopic (exact) mass is 367 g/mol. The van der Waals surface area contributed by atoms with Crippen molar-refractivity contribution < 1.29 is 0 Å². The molecule has 0 aliphatic carbocycles. The number of benzene rings is 2. The highest BCUT2D eigenvalue weighted by Crippen LogP contribution is 2.18. The number of hydrazone groups is 1. The van der Waals surface area contributed by atoms with Crippen molar-refractivity contribution in [2.24, 2.45) is 5.10 Å². The van der Waals surface area contributed by atoms with E-state index >= 15 is 0 Å². The molecule has 0 saturated carbocycles. The minimum Gasteiger partial charge on any atom is -0.378 e. The van der Waals surface area contributed by atoms with Crippen molar-refractivity contribution in [3.05, 3.63) is 87.3 Å². The zero-order valence-electron chi connectivity index (χ0n) is 14.4. The summed E-state index contributed by atoms with van der Waals surface area (Å²) in [6.07, 6.45) is 1.42. The summed E-state index contributed by atoms with van der Waals surface area (Å²) in [5, 5.41) is 10.5. The van der Waals surface area contributed by atoms with Crippen molar-refractivity contribution in [1.82, 2.24) is 10.2 Å². The fourth-order valence-electron chi connectivity index (χ4n) is 2.39. The van der Waals surface area contributed by atoms with Crippen LogP contribution < -0.4 is 15.9 Å². The van der Waals surface area contributed by atoms with E-state index in [9.17, 15) is 4.79 Å². The van der Waals surface area contributed by atoms with E-state index in [0.29, 0.717) is 5.69 Å². The fourth-order valence-corrected chi connectivity index (χ4v) is 2.52. The van der Waals surface area contributed by atoms with Crippen LogP contribution in [-0.4, -0.2) is 30.0 Å². The van der Waals surface area contributed by atoms with Gasteiger partial charge in [0.15, 0.2) is 0 Å². The second kappa shape index (κ2) is 7.84. The predicted octanol–water partition coefficient (Wildman–Crippen LogP) is 3.35. The van der Waals surface area contributed by atoms with Gasteiger partial charge in [-0.15, -0.1) is 0 Å². The van der Waals surface area contributed by atoms with E-state index in [-0.39, 0.29) is 5.02 Å². The number of nitrogens with one attached hydrogen (secondary N) is 2. The first-order chi connectivity index (χ1) is 12.6. The van der Waals surface area contributed by atoms with Gasteiger partial charge >= 0.3 is 0 Å². The Balaban J connectivity index is 2.01. The summed E-state index contributed by atoms with van der Waals surface area (Å²) < 4.78 is 0. The van der Waals surface area contributed by atoms with Crippen molar-refractivity contribution >= 4 is 28.7 Å². The Hall–Kier alpha value is -3.12. The lowest BCUT2D eigenvalue weighted by molar-refractivity contribution is 0.987. The Kier molecular flexibility index (Phi) is 5.34. The van der Waals surface area contributed by atoms with Gasteiger partial charge in [-0.25, -0.2) is 5.10 Å². The molecule has 0 amide bonds. The quantitative estimate of drug-likeness (QED) is 0.535. The molecule has 7 heteroatoms. The molecular formula is C19H18ClN5O. The maximum absolute atomic E-state index is 11.6. The Labute approximate surface area is 156 Å². The van der Waals surface area contributed by atoms with Gasteiger partial charge in [0.1, 0.15) is 10.7 Å². The van der Waals surface area contributed by atoms with Gasteiger partial charge in [-0.3, -0.25) is 10.2 Å². The molecule has 3 rings (SSSR count). The van der Waals surface area contributed by atoms with Crippen LogP contribution in [0.5, 0.6) is 0 Å². The average molecular weight is 368 g/mol. The van der Waals surface area contributed by atoms with Crippen LogP contribution in [0.4, 0.5) is 11.4 Å². The van der Waals surface area contributed by atoms with E-state index in [1.165, 1.54) is 6.20 Å². The second-order valence-electron chi connectivity index (χ2n) is 5.81. The maximum Gasteiger partial charge on any atom is 0.285 e. The SMILES string of the molecule is CN(C)c1ccc(C(=NNc2cn[nH]c(=O)c2Cl)c2ccccc2)cc1. The zero-order valence-corrected chi connectivity index (χ0v) is 15.2. The summed E-state index contributed by atoms with van der Waals surface area (Å²) in [6.45, 7) is 0. The number of halogens is 1. The largest absolute Gasteiger partial charge is 0.378 e. The average Bonchev–Trinajstić information content (AvgIpc) is 2.66. The van der Waals surface area contributed by atoms with Crippen LogP contribution in [-0.2, 0) is 0 Å². The molecule has 6 nitrogen and oxygen atoms in total. The number of hydrogen-bond donors (Lipinski definition) is 2. The summed E-state index contributed by atoms with van der Waals surface area (Å²) >= 11 is 6.00. The number of H-pyrrole nitrogens is 1. The summed E-state index contributed by atoms with van der Waals surface area (Å²) in [5.41, 5.74) is 6.42. The topological polar surface area (TPSA) is 73.4 Å². The number of rotatable bonds is 5. The molecule has 0 aliphatic heterocycles. The Bertz CT molecular complexity index is 965. The summed E-state index contributed by atoms with van der Waals surface area (Å²) in [7, 11) is 3.98. The van der Waals surface area contributed by atoms with E-state index in [2.05, 4.69) is 20.7 Å². The van der Waals surface area contributed by atoms with E-state index in [1.807, 2.05) is 73.6 Å². The van der Waals surface area contributed by atoms with E-state index in [1.54, 1.807) is 0 Å². The Morgan fingerprint density at radius 2 is 1.73 bits per heavy atom. The van der Waals surface area contributed by atoms with Crippen LogP contribution in [0.2, 0.25) is 5.02 Å². The van der Waals surface area contributed by atoms with Crippen LogP contribution in [0.3, 0.4) is 0 Å². The molecule has 2 N–H and O–H groups in total. The molecule has 1 heterocycles. The molecule has 2 aromatic carbocycles. The van der Waals surface area contributed by atoms with Crippen LogP contribution in [0.25, 0.3) is 0 Å². The summed E-state index contributed by atoms with van der Waals surface area (Å²) in [5.74, 6) is 0. The fraction of sp³-hybridized carbons (Fsp3) is 0.105. The first-order valence-corrected chi connectivity index (χ1v) is 8.34. The standard InChI is InChI=1S/C19H18ClN5O/c1-25(2)15-10-8-14(9-11-15)18(13-6-4-3-5-7-13)23-22-16-12-21-24-19(26)17(16)20/h3-12H,1-2H3,(H2,22,24,26). The van der Waals surface area contributed by atoms with E-state index in [4.69, 9.17) is 11.6 Å². The summed E-state index contributed by atoms with van der Waals surface area (Å²) in [6, 6.07) is 17.8. The minimum atomic E-state index is -0.469. The third-order valence-corrected chi connectivity index (χ3v) is 4.16. The molecule has 0 atom stereocenters. The molecule has 0 aliphatic rings. The smallest absolute Gasteiger partial charge is 0.285 e. The maximum atomic E-state index is 11.6. The lowest BCUT2D eigenvalue weighted by Crippen LogP contribution is -2.12. The third-order valence-electron chi connectivity index (χ3n) is 3.79. The van der Waals surface area contributed by atoms with Gasteiger partial charge in [0.05, 0.1) is 11.9 Å². The van der Waals surface area contributed by atoms with Gasteiger partial charge < -0.3 is 4.90 Å². The molecule has 132 valence electrons. The van der Waals surface area contributed by atoms with Crippen LogP contribution >= 0.6 is 11.6 Å². The van der Waals surface area contributed by atoms with Crippen molar-refractivity contribution in [1.29, 1.82) is 0 Å². The highest BCUT2D eigenvalue weighted by Gasteiger charge is 2.09. The number of aromatic amines is 1. The van der Waals surface area contributed by atoms with Crippen LogP contribution in [0, 0.1) is 0 Å². The molecule has 0 fully saturated rings. The first kappa shape index (κ1) is 17.7. The van der Waals surface area contributed by atoms with Crippen molar-refractivity contribution in [3.8, 4) is 0 Å². The van der Waals surface area contributed by atoms with Gasteiger partial charge in [-0.1, -0.05) is 54.1 Å².